The van der Waals surface area contributed by atoms with E-state index in [1.54, 1.807) is 33.8 Å². The van der Waals surface area contributed by atoms with E-state index in [1.165, 1.54) is 32.9 Å². The number of anilines is 1. The molecule has 0 radical (unpaired) electrons. The van der Waals surface area contributed by atoms with Crippen LogP contribution in [0.2, 0.25) is 5.02 Å². The van der Waals surface area contributed by atoms with Gasteiger partial charge >= 0.3 is 11.3 Å². The Morgan fingerprint density at radius 1 is 1.26 bits per heavy atom. The second-order valence-electron chi connectivity index (χ2n) is 6.77. The summed E-state index contributed by atoms with van der Waals surface area (Å²) >= 11 is 7.67. The first-order valence-electron chi connectivity index (χ1n) is 9.32. The van der Waals surface area contributed by atoms with Crippen molar-refractivity contribution in [3.63, 3.8) is 0 Å². The fourth-order valence-electron chi connectivity index (χ4n) is 3.84. The van der Waals surface area contributed by atoms with Gasteiger partial charge in [-0.15, -0.1) is 0 Å². The quantitative estimate of drug-likeness (QED) is 0.476. The molecule has 10 heteroatoms. The van der Waals surface area contributed by atoms with Crippen LogP contribution in [-0.2, 0) is 4.79 Å². The highest BCUT2D eigenvalue weighted by Gasteiger charge is 2.46. The van der Waals surface area contributed by atoms with E-state index in [0.29, 0.717) is 44.2 Å². The molecule has 1 atom stereocenters. The number of hydrogen-bond donors (Lipinski definition) is 1. The number of ether oxygens (including phenoxy) is 2. The molecule has 0 saturated carbocycles. The number of aromatic amines is 1. The average Bonchev–Trinajstić information content (AvgIpc) is 2.76. The van der Waals surface area contributed by atoms with E-state index in [1.807, 2.05) is 18.4 Å². The number of fused-ring (bicyclic) bond motifs is 3. The molecule has 0 saturated heterocycles. The molecule has 160 valence electrons. The van der Waals surface area contributed by atoms with E-state index in [-0.39, 0.29) is 11.5 Å². The number of carbonyl (C=O) groups excluding carboxylic acids is 1. The Morgan fingerprint density at radius 2 is 2.00 bits per heavy atom. The number of rotatable bonds is 4. The number of methoxy groups -OCH3 is 2. The number of para-hydroxylation sites is 1. The molecule has 0 spiro atoms. The molecule has 0 aliphatic carbocycles. The molecule has 0 fully saturated rings. The maximum Gasteiger partial charge on any atom is 0.325 e. The Bertz CT molecular complexity index is 1250. The van der Waals surface area contributed by atoms with E-state index < -0.39 is 6.17 Å². The zero-order chi connectivity index (χ0) is 22.3. The topological polar surface area (TPSA) is 88.4 Å². The van der Waals surface area contributed by atoms with E-state index in [0.717, 1.165) is 0 Å². The van der Waals surface area contributed by atoms with Gasteiger partial charge in [0, 0.05) is 23.1 Å². The standard InChI is InChI=1S/C21H19ClN4O4S/c1-11(27)25-15-8-6-5-7-13(15)17-19(28)23-21(31-4)24-26(17)20(25)14-9-12(22)10-16(29-2)18(14)30-3/h5-10,20H,1-4H3/p+1. The second-order valence-corrected chi connectivity index (χ2v) is 8.00. The molecule has 2 heterocycles. The average molecular weight is 460 g/mol. The zero-order valence-corrected chi connectivity index (χ0v) is 18.9. The number of halogens is 1. The Balaban J connectivity index is 2.15. The molecular formula is C21H20ClN4O4S+. The summed E-state index contributed by atoms with van der Waals surface area (Å²) in [4.78, 5) is 30.4. The third-order valence-corrected chi connectivity index (χ3v) is 5.83. The molecule has 8 nitrogen and oxygen atoms in total. The van der Waals surface area contributed by atoms with Crippen molar-refractivity contribution < 1.29 is 19.0 Å². The van der Waals surface area contributed by atoms with Crippen LogP contribution in [0.4, 0.5) is 5.69 Å². The molecule has 0 bridgehead atoms. The smallest absolute Gasteiger partial charge is 0.325 e. The van der Waals surface area contributed by atoms with Crippen LogP contribution in [0.5, 0.6) is 11.5 Å². The minimum Gasteiger partial charge on any atom is -0.493 e. The predicted octanol–water partition coefficient (Wildman–Crippen LogP) is 3.03. The Kier molecular flexibility index (Phi) is 5.63. The van der Waals surface area contributed by atoms with E-state index in [9.17, 15) is 9.59 Å². The molecule has 1 aliphatic rings. The first-order valence-corrected chi connectivity index (χ1v) is 10.9. The maximum atomic E-state index is 13.1. The SMILES string of the molecule is COc1cc(Cl)cc(C2N(C(C)=O)c3ccccc3-c3c(=O)[nH]c(SC)n[n+]32)c1OC. The third kappa shape index (κ3) is 3.43. The van der Waals surface area contributed by atoms with Crippen molar-refractivity contribution in [3.05, 3.63) is 57.3 Å². The van der Waals surface area contributed by atoms with Crippen LogP contribution in [0, 0.1) is 0 Å². The van der Waals surface area contributed by atoms with Gasteiger partial charge in [-0.2, -0.15) is 0 Å². The molecule has 2 aromatic carbocycles. The summed E-state index contributed by atoms with van der Waals surface area (Å²) in [6.45, 7) is 1.46. The van der Waals surface area contributed by atoms with Crippen LogP contribution < -0.4 is 24.6 Å². The first-order chi connectivity index (χ1) is 14.9. The molecule has 1 amide bonds. The maximum absolute atomic E-state index is 13.1. The zero-order valence-electron chi connectivity index (χ0n) is 17.3. The van der Waals surface area contributed by atoms with Crippen molar-refractivity contribution in [2.75, 3.05) is 25.4 Å². The fourth-order valence-corrected chi connectivity index (χ4v) is 4.42. The van der Waals surface area contributed by atoms with Gasteiger partial charge in [0.2, 0.25) is 11.1 Å². The monoisotopic (exact) mass is 459 g/mol. The van der Waals surface area contributed by atoms with Gasteiger partial charge < -0.3 is 9.47 Å². The van der Waals surface area contributed by atoms with Crippen molar-refractivity contribution in [2.45, 2.75) is 18.2 Å². The van der Waals surface area contributed by atoms with Crippen molar-refractivity contribution in [3.8, 4) is 22.8 Å². The van der Waals surface area contributed by atoms with Gasteiger partial charge in [-0.05, 0) is 29.1 Å². The number of H-pyrrole nitrogens is 1. The van der Waals surface area contributed by atoms with Gasteiger partial charge in [0.1, 0.15) is 0 Å². The molecule has 1 aromatic heterocycles. The largest absolute Gasteiger partial charge is 0.493 e. The lowest BCUT2D eigenvalue weighted by molar-refractivity contribution is -0.763. The van der Waals surface area contributed by atoms with E-state index in [4.69, 9.17) is 21.1 Å². The molecule has 3 aromatic rings. The highest BCUT2D eigenvalue weighted by molar-refractivity contribution is 7.98. The summed E-state index contributed by atoms with van der Waals surface area (Å²) in [5.41, 5.74) is 1.74. The third-order valence-electron chi connectivity index (χ3n) is 5.04. The van der Waals surface area contributed by atoms with E-state index >= 15 is 0 Å². The van der Waals surface area contributed by atoms with Crippen molar-refractivity contribution in [2.24, 2.45) is 0 Å². The molecule has 1 aliphatic heterocycles. The highest BCUT2D eigenvalue weighted by atomic mass is 35.5. The summed E-state index contributed by atoms with van der Waals surface area (Å²) < 4.78 is 12.6. The Labute approximate surface area is 187 Å². The summed E-state index contributed by atoms with van der Waals surface area (Å²) in [7, 11) is 3.01. The summed E-state index contributed by atoms with van der Waals surface area (Å²) in [6.07, 6.45) is 0.987. The molecule has 1 N–H and O–H groups in total. The number of aromatic nitrogens is 3. The first kappa shape index (κ1) is 21.2. The van der Waals surface area contributed by atoms with Crippen molar-refractivity contribution in [1.82, 2.24) is 10.1 Å². The predicted molar refractivity (Wildman–Crippen MR) is 118 cm³/mol. The van der Waals surface area contributed by atoms with Gasteiger partial charge in [0.15, 0.2) is 11.5 Å². The van der Waals surface area contributed by atoms with Gasteiger partial charge in [-0.3, -0.25) is 14.6 Å². The van der Waals surface area contributed by atoms with Crippen LogP contribution in [0.1, 0.15) is 18.7 Å². The van der Waals surface area contributed by atoms with Crippen molar-refractivity contribution in [1.29, 1.82) is 0 Å². The summed E-state index contributed by atoms with van der Waals surface area (Å²) in [6, 6.07) is 10.5. The van der Waals surface area contributed by atoms with Crippen LogP contribution in [-0.4, -0.2) is 36.5 Å². The number of hydrogen-bond acceptors (Lipinski definition) is 6. The van der Waals surface area contributed by atoms with Gasteiger partial charge in [0.25, 0.3) is 6.17 Å². The number of thioether (sulfide) groups is 1. The van der Waals surface area contributed by atoms with E-state index in [2.05, 4.69) is 10.1 Å². The number of amides is 1. The minimum atomic E-state index is -0.821. The lowest BCUT2D eigenvalue weighted by atomic mass is 10.0. The lowest BCUT2D eigenvalue weighted by Gasteiger charge is -2.32. The normalized spacial score (nSPS) is 14.6. The van der Waals surface area contributed by atoms with Crippen LogP contribution in [0.3, 0.4) is 0 Å². The van der Waals surface area contributed by atoms with Gasteiger partial charge in [0.05, 0.1) is 31.0 Å². The van der Waals surface area contributed by atoms with Crippen molar-refractivity contribution >= 4 is 35.0 Å². The number of carbonyl (C=O) groups is 1. The lowest BCUT2D eigenvalue weighted by Crippen LogP contribution is -2.60. The Hall–Kier alpha value is -3.04. The van der Waals surface area contributed by atoms with Crippen LogP contribution in [0.25, 0.3) is 11.3 Å². The second kappa shape index (κ2) is 8.24. The number of nitrogens with one attached hydrogen (secondary N) is 1. The molecule has 31 heavy (non-hydrogen) atoms. The Morgan fingerprint density at radius 3 is 2.65 bits per heavy atom. The van der Waals surface area contributed by atoms with Crippen LogP contribution in [0.15, 0.2) is 46.3 Å². The molecule has 1 unspecified atom stereocenters. The number of benzene rings is 2. The summed E-state index contributed by atoms with van der Waals surface area (Å²) in [5.74, 6) is 0.572. The number of nitrogens with zero attached hydrogens (tertiary/aromatic N) is 3. The fraction of sp³-hybridized carbons (Fsp3) is 0.238. The summed E-state index contributed by atoms with van der Waals surface area (Å²) in [5, 5.41) is 5.44. The minimum absolute atomic E-state index is 0.232. The van der Waals surface area contributed by atoms with Crippen LogP contribution >= 0.6 is 23.4 Å². The highest BCUT2D eigenvalue weighted by Crippen LogP contribution is 2.43. The molecule has 4 rings (SSSR count). The molecular weight excluding hydrogens is 440 g/mol. The van der Waals surface area contributed by atoms with Gasteiger partial charge in [-0.1, -0.05) is 35.5 Å². The van der Waals surface area contributed by atoms with Gasteiger partial charge in [-0.25, -0.2) is 4.90 Å².